The van der Waals surface area contributed by atoms with Gasteiger partial charge in [0.25, 0.3) is 11.7 Å². The monoisotopic (exact) mass is 534 g/mol. The first-order chi connectivity index (χ1) is 18.9. The Kier molecular flexibility index (Phi) is 6.68. The van der Waals surface area contributed by atoms with Gasteiger partial charge >= 0.3 is 0 Å². The number of carbonyl (C=O) groups is 2. The molecule has 0 bridgehead atoms. The Morgan fingerprint density at radius 3 is 2.64 bits per heavy atom. The van der Waals surface area contributed by atoms with Gasteiger partial charge in [0.05, 0.1) is 29.8 Å². The smallest absolute Gasteiger partial charge is 0.298 e. The molecule has 11 heteroatoms. The zero-order chi connectivity index (χ0) is 27.1. The minimum Gasteiger partial charge on any atom is -0.489 e. The van der Waals surface area contributed by atoms with Gasteiger partial charge in [-0.1, -0.05) is 0 Å². The van der Waals surface area contributed by atoms with E-state index in [9.17, 15) is 14.0 Å². The molecule has 1 unspecified atom stereocenters. The van der Waals surface area contributed by atoms with Crippen molar-refractivity contribution in [1.82, 2.24) is 14.5 Å². The number of fused-ring (bicyclic) bond motifs is 3. The summed E-state index contributed by atoms with van der Waals surface area (Å²) in [6, 6.07) is 7.56. The van der Waals surface area contributed by atoms with Crippen molar-refractivity contribution in [1.29, 1.82) is 0 Å². The molecule has 1 aromatic carbocycles. The molecule has 1 atom stereocenters. The first-order valence-corrected chi connectivity index (χ1v) is 13.2. The molecule has 5 heterocycles. The number of benzene rings is 1. The third-order valence-corrected chi connectivity index (χ3v) is 7.92. The minimum absolute atomic E-state index is 0.0751. The van der Waals surface area contributed by atoms with Crippen LogP contribution in [0.3, 0.4) is 0 Å². The Balaban J connectivity index is 1.15. The Morgan fingerprint density at radius 2 is 1.87 bits per heavy atom. The van der Waals surface area contributed by atoms with Gasteiger partial charge in [-0.05, 0) is 49.4 Å². The highest BCUT2D eigenvalue weighted by atomic mass is 19.1. The quantitative estimate of drug-likeness (QED) is 0.394. The molecule has 10 nitrogen and oxygen atoms in total. The van der Waals surface area contributed by atoms with Crippen LogP contribution in [0.4, 0.5) is 21.7 Å². The van der Waals surface area contributed by atoms with Crippen LogP contribution in [0.25, 0.3) is 0 Å². The molecule has 0 saturated carbocycles. The molecule has 6 rings (SSSR count). The molecule has 2 aromatic heterocycles. The van der Waals surface area contributed by atoms with E-state index < -0.39 is 17.5 Å². The number of ether oxygens (including phenoxy) is 2. The van der Waals surface area contributed by atoms with Crippen molar-refractivity contribution in [2.75, 3.05) is 54.6 Å². The lowest BCUT2D eigenvalue weighted by Gasteiger charge is -2.45. The van der Waals surface area contributed by atoms with E-state index in [0.717, 1.165) is 29.8 Å². The topological polar surface area (TPSA) is 102 Å². The van der Waals surface area contributed by atoms with Crippen molar-refractivity contribution in [3.63, 3.8) is 0 Å². The maximum absolute atomic E-state index is 13.4. The number of nitrogens with one attached hydrogen (secondary N) is 1. The summed E-state index contributed by atoms with van der Waals surface area (Å²) >= 11 is 0. The molecule has 204 valence electrons. The third-order valence-electron chi connectivity index (χ3n) is 7.92. The fourth-order valence-corrected chi connectivity index (χ4v) is 5.76. The maximum atomic E-state index is 13.4. The molecule has 1 amide bonds. The minimum atomic E-state index is -0.675. The maximum Gasteiger partial charge on any atom is 0.298 e. The van der Waals surface area contributed by atoms with E-state index in [1.807, 2.05) is 31.0 Å². The highest BCUT2D eigenvalue weighted by Gasteiger charge is 2.34. The van der Waals surface area contributed by atoms with E-state index in [-0.39, 0.29) is 12.0 Å². The van der Waals surface area contributed by atoms with E-state index >= 15 is 0 Å². The molecule has 39 heavy (non-hydrogen) atoms. The fraction of sp³-hybridized carbons (Fsp3) is 0.429. The van der Waals surface area contributed by atoms with Crippen molar-refractivity contribution in [3.8, 4) is 5.75 Å². The van der Waals surface area contributed by atoms with Crippen LogP contribution in [-0.4, -0.2) is 71.7 Å². The average Bonchev–Trinajstić information content (AvgIpc) is 3.26. The second kappa shape index (κ2) is 10.3. The summed E-state index contributed by atoms with van der Waals surface area (Å²) in [6.45, 7) is 5.74. The standard InChI is InChI=1S/C28H31FN6O4/c1-17-11-22(18-5-9-38-10-6-18)25(33(17)2)26(36)27(37)32-20-3-4-23-24(12-20)39-16-21-15-34(7-8-35(21)23)28-30-13-19(29)14-31-28/h3-4,11-14,18,21H,5-10,15-16H2,1-2H3,(H,32,37). The van der Waals surface area contributed by atoms with Gasteiger partial charge in [-0.15, -0.1) is 0 Å². The molecule has 3 aliphatic rings. The van der Waals surface area contributed by atoms with Crippen molar-refractivity contribution in [2.24, 2.45) is 7.05 Å². The van der Waals surface area contributed by atoms with Crippen LogP contribution in [0.1, 0.15) is 40.5 Å². The number of hydrogen-bond acceptors (Lipinski definition) is 8. The highest BCUT2D eigenvalue weighted by Crippen LogP contribution is 2.38. The lowest BCUT2D eigenvalue weighted by molar-refractivity contribution is -0.112. The Labute approximate surface area is 225 Å². The van der Waals surface area contributed by atoms with Crippen molar-refractivity contribution < 1.29 is 23.5 Å². The molecular weight excluding hydrogens is 503 g/mol. The van der Waals surface area contributed by atoms with E-state index in [1.54, 1.807) is 16.7 Å². The van der Waals surface area contributed by atoms with Gasteiger partial charge in [0.2, 0.25) is 5.95 Å². The summed E-state index contributed by atoms with van der Waals surface area (Å²) in [5.41, 5.74) is 3.73. The Bertz CT molecular complexity index is 1400. The predicted molar refractivity (Wildman–Crippen MR) is 143 cm³/mol. The summed E-state index contributed by atoms with van der Waals surface area (Å²) in [4.78, 5) is 39.0. The molecule has 1 N–H and O–H groups in total. The Hall–Kier alpha value is -3.99. The Morgan fingerprint density at radius 1 is 1.10 bits per heavy atom. The van der Waals surface area contributed by atoms with Crippen LogP contribution in [0.15, 0.2) is 36.7 Å². The van der Waals surface area contributed by atoms with Crippen molar-refractivity contribution in [2.45, 2.75) is 31.7 Å². The second-order valence-corrected chi connectivity index (χ2v) is 10.3. The first kappa shape index (κ1) is 25.3. The van der Waals surface area contributed by atoms with E-state index in [0.29, 0.717) is 62.5 Å². The van der Waals surface area contributed by atoms with Gasteiger partial charge in [0.1, 0.15) is 12.4 Å². The normalized spacial score (nSPS) is 19.2. The van der Waals surface area contributed by atoms with Gasteiger partial charge in [-0.2, -0.15) is 0 Å². The number of aromatic nitrogens is 3. The van der Waals surface area contributed by atoms with Crippen LogP contribution in [0.2, 0.25) is 0 Å². The van der Waals surface area contributed by atoms with Gasteiger partial charge in [0.15, 0.2) is 5.82 Å². The number of anilines is 3. The van der Waals surface area contributed by atoms with Crippen molar-refractivity contribution in [3.05, 3.63) is 59.4 Å². The molecular formula is C28H31FN6O4. The number of ketones is 1. The van der Waals surface area contributed by atoms with Gasteiger partial charge in [-0.25, -0.2) is 14.4 Å². The van der Waals surface area contributed by atoms with Crippen LogP contribution < -0.4 is 19.9 Å². The van der Waals surface area contributed by atoms with Gasteiger partial charge in [-0.3, -0.25) is 9.59 Å². The van der Waals surface area contributed by atoms with E-state index in [2.05, 4.69) is 20.2 Å². The average molecular weight is 535 g/mol. The van der Waals surface area contributed by atoms with Gasteiger partial charge < -0.3 is 29.2 Å². The molecule has 2 fully saturated rings. The number of Topliss-reactive ketones (excluding diaryl/α,β-unsaturated/α-hetero) is 1. The molecule has 3 aliphatic heterocycles. The zero-order valence-corrected chi connectivity index (χ0v) is 22.0. The number of amides is 1. The summed E-state index contributed by atoms with van der Waals surface area (Å²) in [5, 5.41) is 2.78. The number of hydrogen-bond donors (Lipinski definition) is 1. The van der Waals surface area contributed by atoms with E-state index in [1.165, 1.54) is 12.4 Å². The summed E-state index contributed by atoms with van der Waals surface area (Å²) in [7, 11) is 1.82. The SMILES string of the molecule is Cc1cc(C2CCOCC2)c(C(=O)C(=O)Nc2ccc3c(c2)OCC2CN(c4ncc(F)cn4)CCN32)n1C. The van der Waals surface area contributed by atoms with Gasteiger partial charge in [0, 0.05) is 57.3 Å². The largest absolute Gasteiger partial charge is 0.489 e. The number of aryl methyl sites for hydroxylation is 1. The number of halogens is 1. The van der Waals surface area contributed by atoms with E-state index in [4.69, 9.17) is 9.47 Å². The molecule has 0 spiro atoms. The van der Waals surface area contributed by atoms with Crippen LogP contribution in [-0.2, 0) is 16.6 Å². The summed E-state index contributed by atoms with van der Waals surface area (Å²) < 4.78 is 26.6. The molecule has 0 aliphatic carbocycles. The lowest BCUT2D eigenvalue weighted by atomic mass is 9.90. The number of carbonyl (C=O) groups excluding carboxylic acids is 2. The predicted octanol–water partition coefficient (Wildman–Crippen LogP) is 3.07. The first-order valence-electron chi connectivity index (χ1n) is 13.2. The third kappa shape index (κ3) is 4.82. The molecule has 3 aromatic rings. The number of rotatable bonds is 5. The summed E-state index contributed by atoms with van der Waals surface area (Å²) in [5.74, 6) is -0.337. The van der Waals surface area contributed by atoms with Crippen molar-refractivity contribution >= 4 is 29.0 Å². The molecule has 0 radical (unpaired) electrons. The summed E-state index contributed by atoms with van der Waals surface area (Å²) in [6.07, 6.45) is 4.01. The number of piperazine rings is 1. The zero-order valence-electron chi connectivity index (χ0n) is 22.0. The van der Waals surface area contributed by atoms with Crippen LogP contribution >= 0.6 is 0 Å². The number of nitrogens with zero attached hydrogens (tertiary/aromatic N) is 5. The van der Waals surface area contributed by atoms with Crippen LogP contribution in [0.5, 0.6) is 5.75 Å². The molecule has 2 saturated heterocycles. The lowest BCUT2D eigenvalue weighted by Crippen LogP contribution is -2.57. The van der Waals surface area contributed by atoms with Crippen LogP contribution in [0, 0.1) is 12.7 Å². The highest BCUT2D eigenvalue weighted by molar-refractivity contribution is 6.46. The second-order valence-electron chi connectivity index (χ2n) is 10.3. The fourth-order valence-electron chi connectivity index (χ4n) is 5.76.